The maximum Gasteiger partial charge on any atom is 0.145 e. The lowest BCUT2D eigenvalue weighted by molar-refractivity contribution is 0.623. The summed E-state index contributed by atoms with van der Waals surface area (Å²) < 4.78 is 0. The number of allylic oxidation sites excluding steroid dienone is 16. The van der Waals surface area contributed by atoms with E-state index in [9.17, 15) is 0 Å². The summed E-state index contributed by atoms with van der Waals surface area (Å²) in [5.74, 6) is 2.00. The number of nitrogens with zero attached hydrogens (tertiary/aromatic N) is 2. The Morgan fingerprint density at radius 1 is 0.702 bits per heavy atom. The van der Waals surface area contributed by atoms with Gasteiger partial charge in [-0.1, -0.05) is 152 Å². The van der Waals surface area contributed by atoms with Gasteiger partial charge in [-0.05, 0) is 124 Å². The number of fused-ring (bicyclic) bond motifs is 4. The largest absolute Gasteiger partial charge is 0.360 e. The van der Waals surface area contributed by atoms with Gasteiger partial charge in [0, 0.05) is 22.9 Å². The third-order valence-corrected chi connectivity index (χ3v) is 12.7. The van der Waals surface area contributed by atoms with Crippen LogP contribution in [0.2, 0.25) is 0 Å². The van der Waals surface area contributed by atoms with Crippen molar-refractivity contribution in [2.45, 2.75) is 44.2 Å². The van der Waals surface area contributed by atoms with Crippen LogP contribution in [0.15, 0.2) is 198 Å². The first-order valence-corrected chi connectivity index (χ1v) is 20.8. The Labute approximate surface area is 335 Å². The molecule has 276 valence electrons. The second-order valence-corrected chi connectivity index (χ2v) is 16.3. The molecule has 5 aliphatic carbocycles. The molecule has 0 bridgehead atoms. The molecular weight excluding hydrogens is 691 g/mol. The monoisotopic (exact) mass is 735 g/mol. The zero-order valence-electron chi connectivity index (χ0n) is 32.1. The van der Waals surface area contributed by atoms with Crippen LogP contribution in [0.1, 0.15) is 66.6 Å². The Hall–Kier alpha value is -6.32. The number of aliphatic imine (C=N–C) groups is 1. The van der Waals surface area contributed by atoms with Crippen molar-refractivity contribution in [3.05, 3.63) is 215 Å². The van der Waals surface area contributed by atoms with Gasteiger partial charge in [0.25, 0.3) is 0 Å². The predicted molar refractivity (Wildman–Crippen MR) is 238 cm³/mol. The summed E-state index contributed by atoms with van der Waals surface area (Å²) >= 11 is 0. The summed E-state index contributed by atoms with van der Waals surface area (Å²) in [6.07, 6.45) is 37.6. The van der Waals surface area contributed by atoms with Crippen LogP contribution in [-0.4, -0.2) is 10.7 Å². The zero-order valence-corrected chi connectivity index (χ0v) is 32.1. The smallest absolute Gasteiger partial charge is 0.145 e. The Balaban J connectivity index is 0.945. The molecule has 3 nitrogen and oxygen atoms in total. The van der Waals surface area contributed by atoms with Crippen LogP contribution in [-0.2, 0) is 0 Å². The molecule has 11 rings (SSSR count). The van der Waals surface area contributed by atoms with E-state index in [2.05, 4.69) is 181 Å². The highest BCUT2D eigenvalue weighted by atomic mass is 15.1. The van der Waals surface area contributed by atoms with Gasteiger partial charge in [0.2, 0.25) is 0 Å². The fraction of sp³-hybridized carbons (Fsp3) is 0.185. The first-order valence-electron chi connectivity index (χ1n) is 20.8. The van der Waals surface area contributed by atoms with Crippen LogP contribution in [0.25, 0.3) is 38.4 Å². The summed E-state index contributed by atoms with van der Waals surface area (Å²) in [5.41, 5.74) is 14.4. The van der Waals surface area contributed by atoms with Crippen molar-refractivity contribution in [2.24, 2.45) is 22.7 Å². The fourth-order valence-corrected chi connectivity index (χ4v) is 9.49. The second-order valence-electron chi connectivity index (χ2n) is 16.3. The van der Waals surface area contributed by atoms with Gasteiger partial charge in [0.1, 0.15) is 6.17 Å². The standard InChI is InChI=1S/C54H45N3/c1-4-12-35(13-5-1)41-18-10-20-44(30-41)51-34-50(39-16-8-3-9-17-39)56-54(57-51)40-25-22-36(23-26-40)42-27-24-38-28-29-49-53(47(38)31-42)48(37-14-6-2-7-15-37)33-52(55-49)45-21-11-19-43-32-46(43)45/h2-4,6-14,16-17,19-31,33-34,37,41,43,46,54,57H,1,5,15,18,32H2. The first-order chi connectivity index (χ1) is 28.2. The molecule has 0 amide bonds. The average Bonchev–Trinajstić information content (AvgIpc) is 4.10. The minimum atomic E-state index is -0.209. The molecule has 1 aliphatic heterocycles. The van der Waals surface area contributed by atoms with Crippen LogP contribution in [0.5, 0.6) is 0 Å². The summed E-state index contributed by atoms with van der Waals surface area (Å²) in [4.78, 5) is 10.6. The summed E-state index contributed by atoms with van der Waals surface area (Å²) in [7, 11) is 0. The van der Waals surface area contributed by atoms with Crippen molar-refractivity contribution < 1.29 is 0 Å². The van der Waals surface area contributed by atoms with E-state index in [4.69, 9.17) is 9.98 Å². The van der Waals surface area contributed by atoms with Crippen molar-refractivity contribution in [2.75, 3.05) is 0 Å². The molecule has 1 aromatic heterocycles. The lowest BCUT2D eigenvalue weighted by Gasteiger charge is -2.27. The van der Waals surface area contributed by atoms with Crippen LogP contribution >= 0.6 is 0 Å². The van der Waals surface area contributed by atoms with Crippen molar-refractivity contribution in [3.8, 4) is 11.1 Å². The fourth-order valence-electron chi connectivity index (χ4n) is 9.49. The van der Waals surface area contributed by atoms with E-state index in [1.165, 1.54) is 56.0 Å². The van der Waals surface area contributed by atoms with Crippen molar-refractivity contribution in [3.63, 3.8) is 0 Å². The Morgan fingerprint density at radius 2 is 1.58 bits per heavy atom. The molecule has 0 radical (unpaired) electrons. The third-order valence-electron chi connectivity index (χ3n) is 12.7. The lowest BCUT2D eigenvalue weighted by Crippen LogP contribution is -2.27. The molecule has 2 heterocycles. The summed E-state index contributed by atoms with van der Waals surface area (Å²) in [6.45, 7) is 0. The molecule has 1 N–H and O–H groups in total. The third kappa shape index (κ3) is 6.51. The summed E-state index contributed by atoms with van der Waals surface area (Å²) in [6, 6.07) is 33.4. The van der Waals surface area contributed by atoms with Gasteiger partial charge in [-0.3, -0.25) is 4.99 Å². The normalized spacial score (nSPS) is 24.6. The Bertz CT molecular complexity index is 2740. The molecule has 5 unspecified atom stereocenters. The average molecular weight is 736 g/mol. The number of rotatable bonds is 7. The van der Waals surface area contributed by atoms with Gasteiger partial charge >= 0.3 is 0 Å². The second kappa shape index (κ2) is 14.3. The highest BCUT2D eigenvalue weighted by Crippen LogP contribution is 2.51. The Kier molecular flexibility index (Phi) is 8.53. The molecule has 0 spiro atoms. The van der Waals surface area contributed by atoms with Crippen molar-refractivity contribution in [1.29, 1.82) is 0 Å². The molecule has 3 heteroatoms. The van der Waals surface area contributed by atoms with Gasteiger partial charge in [-0.15, -0.1) is 0 Å². The Morgan fingerprint density at radius 3 is 2.44 bits per heavy atom. The van der Waals surface area contributed by atoms with Crippen LogP contribution in [0.4, 0.5) is 0 Å². The molecule has 1 saturated carbocycles. The SMILES string of the molecule is C1=CCC(c2cc(C3=CC=CC4CC34)nc3ccc4ccc(-c5ccc(C6N=C(c7ccccc7)C=C(C7=CC(C8=CCCC=C8)CC=C7)N6)cc5)cc4c23)C=C1. The van der Waals surface area contributed by atoms with Gasteiger partial charge < -0.3 is 5.32 Å². The molecule has 57 heavy (non-hydrogen) atoms. The van der Waals surface area contributed by atoms with Gasteiger partial charge in [-0.25, -0.2) is 4.98 Å². The highest BCUT2D eigenvalue weighted by Gasteiger charge is 2.40. The molecule has 5 aromatic rings. The quantitative estimate of drug-likeness (QED) is 0.169. The van der Waals surface area contributed by atoms with E-state index in [0.717, 1.165) is 59.4 Å². The van der Waals surface area contributed by atoms with Crippen LogP contribution in [0, 0.1) is 17.8 Å². The topological polar surface area (TPSA) is 37.3 Å². The van der Waals surface area contributed by atoms with Crippen LogP contribution in [0.3, 0.4) is 0 Å². The number of aromatic nitrogens is 1. The first kappa shape index (κ1) is 34.0. The maximum absolute atomic E-state index is 5.36. The molecule has 0 saturated heterocycles. The van der Waals surface area contributed by atoms with Gasteiger partial charge in [-0.2, -0.15) is 0 Å². The zero-order chi connectivity index (χ0) is 37.7. The van der Waals surface area contributed by atoms with E-state index in [-0.39, 0.29) is 6.17 Å². The van der Waals surface area contributed by atoms with E-state index in [1.807, 2.05) is 0 Å². The molecular formula is C54H45N3. The number of hydrogen-bond acceptors (Lipinski definition) is 3. The molecule has 1 fully saturated rings. The van der Waals surface area contributed by atoms with Crippen molar-refractivity contribution in [1.82, 2.24) is 10.3 Å². The number of nitrogens with one attached hydrogen (secondary N) is 1. The molecule has 5 atom stereocenters. The summed E-state index contributed by atoms with van der Waals surface area (Å²) in [5, 5.41) is 7.61. The van der Waals surface area contributed by atoms with E-state index < -0.39 is 0 Å². The van der Waals surface area contributed by atoms with E-state index in [1.54, 1.807) is 0 Å². The lowest BCUT2D eigenvalue weighted by atomic mass is 9.85. The number of benzene rings is 4. The maximum atomic E-state index is 5.36. The van der Waals surface area contributed by atoms with E-state index in [0.29, 0.717) is 23.7 Å². The van der Waals surface area contributed by atoms with Crippen LogP contribution < -0.4 is 5.32 Å². The van der Waals surface area contributed by atoms with Gasteiger partial charge in [0.05, 0.1) is 16.9 Å². The minimum Gasteiger partial charge on any atom is -0.360 e. The van der Waals surface area contributed by atoms with Crippen molar-refractivity contribution >= 4 is 33.0 Å². The number of pyridine rings is 1. The van der Waals surface area contributed by atoms with Gasteiger partial charge in [0.15, 0.2) is 0 Å². The minimum absolute atomic E-state index is 0.209. The number of hydrogen-bond donors (Lipinski definition) is 1. The molecule has 4 aromatic carbocycles. The highest BCUT2D eigenvalue weighted by molar-refractivity contribution is 6.11. The predicted octanol–water partition coefficient (Wildman–Crippen LogP) is 13.0. The van der Waals surface area contributed by atoms with E-state index >= 15 is 0 Å². The molecule has 6 aliphatic rings.